The van der Waals surface area contributed by atoms with E-state index in [1.807, 2.05) is 36.5 Å². The fourth-order valence-electron chi connectivity index (χ4n) is 3.30. The molecule has 1 aliphatic rings. The Labute approximate surface area is 175 Å². The average molecular weight is 416 g/mol. The number of benzene rings is 1. The van der Waals surface area contributed by atoms with E-state index in [9.17, 15) is 0 Å². The number of hydrogen-bond donors (Lipinski definition) is 1. The van der Waals surface area contributed by atoms with E-state index in [2.05, 4.69) is 29.2 Å². The molecular weight excluding hydrogens is 390 g/mol. The third kappa shape index (κ3) is 4.98. The molecular formula is C21H26ClN5O2. The van der Waals surface area contributed by atoms with Crippen LogP contribution >= 0.6 is 11.6 Å². The van der Waals surface area contributed by atoms with Gasteiger partial charge in [-0.05, 0) is 26.0 Å². The third-order valence-electron chi connectivity index (χ3n) is 4.76. The second kappa shape index (κ2) is 8.98. The number of halogens is 1. The van der Waals surface area contributed by atoms with E-state index in [0.717, 1.165) is 55.3 Å². The van der Waals surface area contributed by atoms with Gasteiger partial charge in [0.2, 0.25) is 0 Å². The van der Waals surface area contributed by atoms with Crippen LogP contribution in [0.25, 0.3) is 16.7 Å². The van der Waals surface area contributed by atoms with Crippen LogP contribution in [0.2, 0.25) is 5.02 Å². The lowest BCUT2D eigenvalue weighted by molar-refractivity contribution is 0.0322. The van der Waals surface area contributed by atoms with Crippen molar-refractivity contribution in [1.82, 2.24) is 19.7 Å². The van der Waals surface area contributed by atoms with Crippen molar-refractivity contribution in [3.8, 4) is 11.6 Å². The van der Waals surface area contributed by atoms with Gasteiger partial charge in [0.15, 0.2) is 5.82 Å². The molecule has 0 saturated carbocycles. The summed E-state index contributed by atoms with van der Waals surface area (Å²) >= 11 is 6.51. The van der Waals surface area contributed by atoms with Gasteiger partial charge in [0.05, 0.1) is 23.8 Å². The second-order valence-corrected chi connectivity index (χ2v) is 7.80. The molecule has 1 aromatic carbocycles. The summed E-state index contributed by atoms with van der Waals surface area (Å²) < 4.78 is 13.1. The number of rotatable bonds is 7. The number of morpholine rings is 1. The summed E-state index contributed by atoms with van der Waals surface area (Å²) in [5, 5.41) is 9.34. The monoisotopic (exact) mass is 415 g/mol. The zero-order valence-electron chi connectivity index (χ0n) is 16.8. The van der Waals surface area contributed by atoms with E-state index < -0.39 is 0 Å². The first-order valence-corrected chi connectivity index (χ1v) is 10.3. The molecule has 0 unspecified atom stereocenters. The molecule has 1 aliphatic heterocycles. The molecule has 1 saturated heterocycles. The topological polar surface area (TPSA) is 64.4 Å². The molecule has 8 heteroatoms. The molecule has 3 aromatic rings. The van der Waals surface area contributed by atoms with Gasteiger partial charge < -0.3 is 14.8 Å². The molecule has 0 atom stereocenters. The average Bonchev–Trinajstić information content (AvgIpc) is 3.16. The van der Waals surface area contributed by atoms with E-state index in [1.165, 1.54) is 0 Å². The van der Waals surface area contributed by atoms with Gasteiger partial charge in [-0.15, -0.1) is 5.10 Å². The van der Waals surface area contributed by atoms with Gasteiger partial charge in [-0.3, -0.25) is 4.90 Å². The van der Waals surface area contributed by atoms with Gasteiger partial charge >= 0.3 is 0 Å². The van der Waals surface area contributed by atoms with Crippen LogP contribution in [0.1, 0.15) is 13.8 Å². The van der Waals surface area contributed by atoms with Gasteiger partial charge in [0.25, 0.3) is 0 Å². The molecule has 0 spiro atoms. The van der Waals surface area contributed by atoms with Crippen molar-refractivity contribution in [3.05, 3.63) is 41.6 Å². The molecule has 154 valence electrons. The fraction of sp³-hybridized carbons (Fsp3) is 0.429. The normalized spacial score (nSPS) is 15.2. The molecule has 0 bridgehead atoms. The van der Waals surface area contributed by atoms with Crippen molar-refractivity contribution in [2.45, 2.75) is 19.9 Å². The summed E-state index contributed by atoms with van der Waals surface area (Å²) in [7, 11) is 0. The number of anilines is 1. The molecule has 7 nitrogen and oxygen atoms in total. The number of ether oxygens (including phenoxy) is 2. The van der Waals surface area contributed by atoms with Crippen molar-refractivity contribution in [1.29, 1.82) is 0 Å². The highest BCUT2D eigenvalue weighted by molar-refractivity contribution is 6.35. The summed E-state index contributed by atoms with van der Waals surface area (Å²) in [6, 6.07) is 9.88. The van der Waals surface area contributed by atoms with E-state index in [0.29, 0.717) is 23.5 Å². The molecule has 3 heterocycles. The highest BCUT2D eigenvalue weighted by Crippen LogP contribution is 2.28. The first kappa shape index (κ1) is 19.9. The minimum atomic E-state index is 0.309. The smallest absolute Gasteiger partial charge is 0.155 e. The largest absolute Gasteiger partial charge is 0.492 e. The summed E-state index contributed by atoms with van der Waals surface area (Å²) in [6.45, 7) is 9.16. The van der Waals surface area contributed by atoms with Crippen LogP contribution in [-0.4, -0.2) is 65.2 Å². The minimum absolute atomic E-state index is 0.309. The zero-order valence-corrected chi connectivity index (χ0v) is 17.5. The van der Waals surface area contributed by atoms with Crippen LogP contribution in [-0.2, 0) is 4.74 Å². The predicted octanol–water partition coefficient (Wildman–Crippen LogP) is 3.61. The highest BCUT2D eigenvalue weighted by Gasteiger charge is 2.11. The Morgan fingerprint density at radius 3 is 2.83 bits per heavy atom. The SMILES string of the molecule is CC(C)Nc1ccn(-c2cc(Cl)c3ccc(OCCN4CCOCC4)cc3n2)n1. The Balaban J connectivity index is 1.50. The lowest BCUT2D eigenvalue weighted by atomic mass is 10.2. The number of fused-ring (bicyclic) bond motifs is 1. The van der Waals surface area contributed by atoms with Crippen molar-refractivity contribution < 1.29 is 9.47 Å². The first-order chi connectivity index (χ1) is 14.1. The molecule has 0 amide bonds. The number of hydrogen-bond acceptors (Lipinski definition) is 6. The maximum absolute atomic E-state index is 6.51. The van der Waals surface area contributed by atoms with Crippen LogP contribution < -0.4 is 10.1 Å². The Morgan fingerprint density at radius 2 is 2.03 bits per heavy atom. The van der Waals surface area contributed by atoms with E-state index >= 15 is 0 Å². The lowest BCUT2D eigenvalue weighted by Crippen LogP contribution is -2.38. The standard InChI is InChI=1S/C21H26ClN5O2/c1-15(2)23-20-5-6-27(25-20)21-14-18(22)17-4-3-16(13-19(17)24-21)29-12-9-26-7-10-28-11-8-26/h3-6,13-15H,7-12H2,1-2H3,(H,23,25). The van der Waals surface area contributed by atoms with Crippen molar-refractivity contribution >= 4 is 28.3 Å². The summed E-state index contributed by atoms with van der Waals surface area (Å²) in [6.07, 6.45) is 1.87. The molecule has 0 radical (unpaired) electrons. The van der Waals surface area contributed by atoms with Gasteiger partial charge in [0.1, 0.15) is 18.2 Å². The number of nitrogens with zero attached hydrogens (tertiary/aromatic N) is 4. The van der Waals surface area contributed by atoms with Crippen molar-refractivity contribution in [3.63, 3.8) is 0 Å². The Morgan fingerprint density at radius 1 is 1.21 bits per heavy atom. The summed E-state index contributed by atoms with van der Waals surface area (Å²) in [5.74, 6) is 2.26. The first-order valence-electron chi connectivity index (χ1n) is 9.94. The van der Waals surface area contributed by atoms with Gasteiger partial charge in [-0.1, -0.05) is 11.6 Å². The van der Waals surface area contributed by atoms with Crippen molar-refractivity contribution in [2.75, 3.05) is 44.8 Å². The molecule has 1 fully saturated rings. The molecule has 2 aromatic heterocycles. The van der Waals surface area contributed by atoms with E-state index in [1.54, 1.807) is 4.68 Å². The maximum atomic E-state index is 6.51. The molecule has 1 N–H and O–H groups in total. The maximum Gasteiger partial charge on any atom is 0.155 e. The van der Waals surface area contributed by atoms with Gasteiger partial charge in [0, 0.05) is 55.5 Å². The molecule has 4 rings (SSSR count). The number of nitrogens with one attached hydrogen (secondary N) is 1. The molecule has 0 aliphatic carbocycles. The Hall–Kier alpha value is -2.35. The van der Waals surface area contributed by atoms with E-state index in [-0.39, 0.29) is 0 Å². The Bertz CT molecular complexity index is 969. The lowest BCUT2D eigenvalue weighted by Gasteiger charge is -2.26. The number of aromatic nitrogens is 3. The van der Waals surface area contributed by atoms with Gasteiger partial charge in [-0.25, -0.2) is 9.67 Å². The quantitative estimate of drug-likeness (QED) is 0.636. The predicted molar refractivity (Wildman–Crippen MR) is 115 cm³/mol. The molecule has 29 heavy (non-hydrogen) atoms. The van der Waals surface area contributed by atoms with Crippen LogP contribution in [0.5, 0.6) is 5.75 Å². The van der Waals surface area contributed by atoms with Crippen LogP contribution in [0.4, 0.5) is 5.82 Å². The zero-order chi connectivity index (χ0) is 20.2. The van der Waals surface area contributed by atoms with Crippen LogP contribution in [0.15, 0.2) is 36.5 Å². The summed E-state index contributed by atoms with van der Waals surface area (Å²) in [4.78, 5) is 7.08. The third-order valence-corrected chi connectivity index (χ3v) is 5.07. The second-order valence-electron chi connectivity index (χ2n) is 7.39. The minimum Gasteiger partial charge on any atom is -0.492 e. The van der Waals surface area contributed by atoms with E-state index in [4.69, 9.17) is 26.1 Å². The van der Waals surface area contributed by atoms with Crippen molar-refractivity contribution in [2.24, 2.45) is 0 Å². The Kier molecular flexibility index (Phi) is 6.18. The highest BCUT2D eigenvalue weighted by atomic mass is 35.5. The van der Waals surface area contributed by atoms with Crippen LogP contribution in [0.3, 0.4) is 0 Å². The summed E-state index contributed by atoms with van der Waals surface area (Å²) in [5.41, 5.74) is 0.783. The van der Waals surface area contributed by atoms with Crippen LogP contribution in [0, 0.1) is 0 Å². The fourth-order valence-corrected chi connectivity index (χ4v) is 3.56. The van der Waals surface area contributed by atoms with Gasteiger partial charge in [-0.2, -0.15) is 0 Å². The number of pyridine rings is 1.